The van der Waals surface area contributed by atoms with Crippen LogP contribution in [-0.4, -0.2) is 19.8 Å². The second-order valence-electron chi connectivity index (χ2n) is 3.83. The van der Waals surface area contributed by atoms with Crippen LogP contribution in [0.25, 0.3) is 10.8 Å². The van der Waals surface area contributed by atoms with Gasteiger partial charge in [0.25, 0.3) is 0 Å². The average Bonchev–Trinajstić information content (AvgIpc) is 2.34. The first-order chi connectivity index (χ1) is 7.90. The molecule has 2 rings (SSSR count). The van der Waals surface area contributed by atoms with Gasteiger partial charge in [0.05, 0.1) is 13.2 Å². The Labute approximate surface area is 96.0 Å². The molecular weight excluding hydrogens is 198 g/mol. The summed E-state index contributed by atoms with van der Waals surface area (Å²) in [4.78, 5) is 0. The fraction of sp³-hybridized carbons (Fsp3) is 0.286. The molecule has 0 radical (unpaired) electrons. The second-order valence-corrected chi connectivity index (χ2v) is 3.83. The first-order valence-electron chi connectivity index (χ1n) is 5.65. The smallest absolute Gasteiger partial charge is 0.0588 e. The Morgan fingerprint density at radius 2 is 1.75 bits per heavy atom. The van der Waals surface area contributed by atoms with E-state index < -0.39 is 0 Å². The zero-order chi connectivity index (χ0) is 11.2. The van der Waals surface area contributed by atoms with Gasteiger partial charge in [0.1, 0.15) is 0 Å². The molecule has 0 spiro atoms. The van der Waals surface area contributed by atoms with Crippen LogP contribution in [0.4, 0.5) is 0 Å². The van der Waals surface area contributed by atoms with Crippen LogP contribution in [0.2, 0.25) is 0 Å². The molecule has 0 atom stereocenters. The molecule has 16 heavy (non-hydrogen) atoms. The van der Waals surface area contributed by atoms with Gasteiger partial charge >= 0.3 is 0 Å². The lowest BCUT2D eigenvalue weighted by molar-refractivity contribution is 0.145. The van der Waals surface area contributed by atoms with Gasteiger partial charge in [0.15, 0.2) is 0 Å². The van der Waals surface area contributed by atoms with Gasteiger partial charge in [-0.2, -0.15) is 0 Å². The largest absolute Gasteiger partial charge is 0.380 e. The molecule has 0 aliphatic carbocycles. The van der Waals surface area contributed by atoms with Crippen molar-refractivity contribution in [2.24, 2.45) is 5.73 Å². The Balaban J connectivity index is 2.02. The molecule has 0 heterocycles. The minimum absolute atomic E-state index is 0.595. The first-order valence-corrected chi connectivity index (χ1v) is 5.65. The summed E-state index contributed by atoms with van der Waals surface area (Å²) < 4.78 is 5.37. The van der Waals surface area contributed by atoms with Crippen molar-refractivity contribution in [1.82, 2.24) is 0 Å². The highest BCUT2D eigenvalue weighted by Gasteiger charge is 1.96. The number of benzene rings is 2. The van der Waals surface area contributed by atoms with Crippen molar-refractivity contribution in [3.8, 4) is 0 Å². The molecule has 0 amide bonds. The molecule has 2 aromatic carbocycles. The lowest BCUT2D eigenvalue weighted by Gasteiger charge is -2.04. The second kappa shape index (κ2) is 5.64. The third-order valence-electron chi connectivity index (χ3n) is 2.61. The Morgan fingerprint density at radius 3 is 2.56 bits per heavy atom. The summed E-state index contributed by atoms with van der Waals surface area (Å²) in [7, 11) is 0. The molecule has 2 heteroatoms. The fourth-order valence-corrected chi connectivity index (χ4v) is 1.77. The Morgan fingerprint density at radius 1 is 0.938 bits per heavy atom. The van der Waals surface area contributed by atoms with Gasteiger partial charge in [-0.3, -0.25) is 0 Å². The number of ether oxygens (including phenoxy) is 1. The van der Waals surface area contributed by atoms with E-state index in [2.05, 4.69) is 42.5 Å². The molecule has 0 aliphatic rings. The average molecular weight is 215 g/mol. The monoisotopic (exact) mass is 215 g/mol. The zero-order valence-corrected chi connectivity index (χ0v) is 9.36. The molecular formula is C14H17NO. The van der Waals surface area contributed by atoms with Crippen LogP contribution in [0.1, 0.15) is 5.56 Å². The van der Waals surface area contributed by atoms with E-state index in [1.54, 1.807) is 0 Å². The maximum Gasteiger partial charge on any atom is 0.0588 e. The quantitative estimate of drug-likeness (QED) is 0.777. The van der Waals surface area contributed by atoms with Gasteiger partial charge in [-0.15, -0.1) is 0 Å². The molecule has 2 nitrogen and oxygen atoms in total. The van der Waals surface area contributed by atoms with Gasteiger partial charge in [-0.25, -0.2) is 0 Å². The van der Waals surface area contributed by atoms with E-state index in [9.17, 15) is 0 Å². The number of rotatable bonds is 5. The number of fused-ring (bicyclic) bond motifs is 1. The molecule has 0 aromatic heterocycles. The van der Waals surface area contributed by atoms with E-state index in [1.165, 1.54) is 16.3 Å². The summed E-state index contributed by atoms with van der Waals surface area (Å²) in [5.41, 5.74) is 6.67. The van der Waals surface area contributed by atoms with Crippen molar-refractivity contribution in [2.45, 2.75) is 6.42 Å². The third-order valence-corrected chi connectivity index (χ3v) is 2.61. The van der Waals surface area contributed by atoms with E-state index in [-0.39, 0.29) is 0 Å². The highest BCUT2D eigenvalue weighted by Crippen LogP contribution is 2.15. The van der Waals surface area contributed by atoms with Crippen molar-refractivity contribution in [3.05, 3.63) is 48.0 Å². The lowest BCUT2D eigenvalue weighted by atomic mass is 10.1. The van der Waals surface area contributed by atoms with Crippen molar-refractivity contribution in [1.29, 1.82) is 0 Å². The van der Waals surface area contributed by atoms with Gasteiger partial charge in [0, 0.05) is 6.54 Å². The van der Waals surface area contributed by atoms with Crippen molar-refractivity contribution in [2.75, 3.05) is 19.8 Å². The van der Waals surface area contributed by atoms with Crippen molar-refractivity contribution < 1.29 is 4.74 Å². The number of nitrogens with two attached hydrogens (primary N) is 1. The maximum absolute atomic E-state index is 5.37. The lowest BCUT2D eigenvalue weighted by Crippen LogP contribution is -2.10. The van der Waals surface area contributed by atoms with E-state index >= 15 is 0 Å². The highest BCUT2D eigenvalue weighted by molar-refractivity contribution is 5.82. The van der Waals surface area contributed by atoms with Crippen LogP contribution < -0.4 is 5.73 Å². The molecule has 0 aliphatic heterocycles. The standard InChI is InChI=1S/C14H17NO/c15-8-10-16-9-7-12-5-6-13-3-1-2-4-14(13)11-12/h1-6,11H,7-10,15H2. The van der Waals surface area contributed by atoms with Crippen LogP contribution in [-0.2, 0) is 11.2 Å². The first kappa shape index (κ1) is 11.1. The third kappa shape index (κ3) is 2.81. The molecule has 2 N–H and O–H groups in total. The zero-order valence-electron chi connectivity index (χ0n) is 9.36. The molecule has 2 aromatic rings. The summed E-state index contributed by atoms with van der Waals surface area (Å²) in [6.45, 7) is 1.99. The summed E-state index contributed by atoms with van der Waals surface area (Å²) >= 11 is 0. The molecule has 0 saturated heterocycles. The van der Waals surface area contributed by atoms with Crippen LogP contribution >= 0.6 is 0 Å². The fourth-order valence-electron chi connectivity index (χ4n) is 1.77. The summed E-state index contributed by atoms with van der Waals surface area (Å²) in [6, 6.07) is 14.9. The summed E-state index contributed by atoms with van der Waals surface area (Å²) in [5, 5.41) is 2.58. The molecule has 0 unspecified atom stereocenters. The Hall–Kier alpha value is -1.38. The predicted molar refractivity (Wildman–Crippen MR) is 67.5 cm³/mol. The Bertz CT molecular complexity index is 453. The molecule has 0 saturated carbocycles. The van der Waals surface area contributed by atoms with Crippen molar-refractivity contribution in [3.63, 3.8) is 0 Å². The van der Waals surface area contributed by atoms with E-state index in [4.69, 9.17) is 10.5 Å². The topological polar surface area (TPSA) is 35.2 Å². The van der Waals surface area contributed by atoms with Gasteiger partial charge in [0.2, 0.25) is 0 Å². The Kier molecular flexibility index (Phi) is 3.91. The molecule has 84 valence electrons. The number of hydrogen-bond donors (Lipinski definition) is 1. The predicted octanol–water partition coefficient (Wildman–Crippen LogP) is 2.36. The van der Waals surface area contributed by atoms with Crippen LogP contribution in [0.15, 0.2) is 42.5 Å². The number of hydrogen-bond acceptors (Lipinski definition) is 2. The van der Waals surface area contributed by atoms with Gasteiger partial charge < -0.3 is 10.5 Å². The summed E-state index contributed by atoms with van der Waals surface area (Å²) in [5.74, 6) is 0. The highest BCUT2D eigenvalue weighted by atomic mass is 16.5. The maximum atomic E-state index is 5.37. The minimum Gasteiger partial charge on any atom is -0.380 e. The SMILES string of the molecule is NCCOCCc1ccc2ccccc2c1. The summed E-state index contributed by atoms with van der Waals surface area (Å²) in [6.07, 6.45) is 0.949. The molecule has 0 bridgehead atoms. The van der Waals surface area contributed by atoms with Crippen molar-refractivity contribution >= 4 is 10.8 Å². The van der Waals surface area contributed by atoms with E-state index in [1.807, 2.05) is 0 Å². The van der Waals surface area contributed by atoms with Crippen LogP contribution in [0.3, 0.4) is 0 Å². The van der Waals surface area contributed by atoms with Gasteiger partial charge in [-0.05, 0) is 22.8 Å². The van der Waals surface area contributed by atoms with E-state index in [0.29, 0.717) is 13.2 Å². The molecule has 0 fully saturated rings. The minimum atomic E-state index is 0.595. The van der Waals surface area contributed by atoms with E-state index in [0.717, 1.165) is 13.0 Å². The van der Waals surface area contributed by atoms with Crippen LogP contribution in [0, 0.1) is 0 Å². The van der Waals surface area contributed by atoms with Gasteiger partial charge in [-0.1, -0.05) is 42.5 Å². The van der Waals surface area contributed by atoms with Crippen LogP contribution in [0.5, 0.6) is 0 Å². The normalized spacial score (nSPS) is 10.8.